The molecule has 0 amide bonds. The third-order valence-corrected chi connectivity index (χ3v) is 2.87. The van der Waals surface area contributed by atoms with E-state index in [0.29, 0.717) is 5.75 Å². The van der Waals surface area contributed by atoms with Crippen molar-refractivity contribution in [3.63, 3.8) is 0 Å². The molecule has 0 aliphatic carbocycles. The molecule has 0 fully saturated rings. The minimum absolute atomic E-state index is 0.227. The van der Waals surface area contributed by atoms with Crippen molar-refractivity contribution in [2.75, 3.05) is 5.75 Å². The van der Waals surface area contributed by atoms with Crippen LogP contribution in [0.2, 0.25) is 0 Å². The van der Waals surface area contributed by atoms with Gasteiger partial charge in [-0.2, -0.15) is 5.10 Å². The minimum Gasteiger partial charge on any atom is -0.298 e. The number of thioether (sulfide) groups is 1. The van der Waals surface area contributed by atoms with Gasteiger partial charge in [-0.25, -0.2) is 9.67 Å². The van der Waals surface area contributed by atoms with E-state index in [-0.39, 0.29) is 11.2 Å². The van der Waals surface area contributed by atoms with Crippen LogP contribution >= 0.6 is 11.8 Å². The van der Waals surface area contributed by atoms with E-state index in [1.165, 1.54) is 18.1 Å². The molecule has 1 rings (SSSR count). The highest BCUT2D eigenvalue weighted by atomic mass is 32.2. The van der Waals surface area contributed by atoms with Crippen LogP contribution in [0.15, 0.2) is 11.5 Å². The number of hydrogen-bond donors (Lipinski definition) is 0. The lowest BCUT2D eigenvalue weighted by Gasteiger charge is -2.15. The number of aromatic nitrogens is 3. The first-order valence-electron chi connectivity index (χ1n) is 4.41. The van der Waals surface area contributed by atoms with Gasteiger partial charge in [0.2, 0.25) is 0 Å². The fourth-order valence-electron chi connectivity index (χ4n) is 0.763. The summed E-state index contributed by atoms with van der Waals surface area (Å²) in [6.45, 7) is 5.77. The number of carbonyl (C=O) groups excluding carboxylic acids is 1. The van der Waals surface area contributed by atoms with Crippen LogP contribution in [0, 0.1) is 5.41 Å². The number of aryl methyl sites for hydroxylation is 1. The fraction of sp³-hybridized carbons (Fsp3) is 0.667. The Morgan fingerprint density at radius 3 is 2.64 bits per heavy atom. The zero-order valence-electron chi connectivity index (χ0n) is 8.94. The van der Waals surface area contributed by atoms with Gasteiger partial charge in [-0.3, -0.25) is 4.79 Å². The molecule has 0 saturated carbocycles. The molecule has 0 bridgehead atoms. The monoisotopic (exact) mass is 213 g/mol. The highest BCUT2D eigenvalue weighted by molar-refractivity contribution is 7.99. The van der Waals surface area contributed by atoms with Crippen molar-refractivity contribution >= 4 is 17.5 Å². The summed E-state index contributed by atoms with van der Waals surface area (Å²) < 4.78 is 1.67. The SMILES string of the molecule is Cn1ncnc1SCC(=O)C(C)(C)C. The average molecular weight is 213 g/mol. The Kier molecular flexibility index (Phi) is 3.31. The predicted molar refractivity (Wildman–Crippen MR) is 56.2 cm³/mol. The Bertz CT molecular complexity index is 327. The number of rotatable bonds is 3. The van der Waals surface area contributed by atoms with Crippen molar-refractivity contribution in [1.82, 2.24) is 14.8 Å². The van der Waals surface area contributed by atoms with Gasteiger partial charge in [0.1, 0.15) is 12.1 Å². The summed E-state index contributed by atoms with van der Waals surface area (Å²) in [6, 6.07) is 0. The Morgan fingerprint density at radius 2 is 2.21 bits per heavy atom. The standard InChI is InChI=1S/C9H15N3OS/c1-9(2,3)7(13)5-14-8-10-6-11-12(8)4/h6H,5H2,1-4H3. The van der Waals surface area contributed by atoms with Gasteiger partial charge in [0.05, 0.1) is 5.75 Å². The van der Waals surface area contributed by atoms with E-state index in [0.717, 1.165) is 5.16 Å². The molecule has 0 aliphatic rings. The molecule has 4 nitrogen and oxygen atoms in total. The smallest absolute Gasteiger partial charge is 0.186 e. The normalized spacial score (nSPS) is 11.7. The van der Waals surface area contributed by atoms with Crippen LogP contribution in [0.25, 0.3) is 0 Å². The summed E-state index contributed by atoms with van der Waals surface area (Å²) in [4.78, 5) is 15.6. The zero-order chi connectivity index (χ0) is 10.8. The van der Waals surface area contributed by atoms with Crippen molar-refractivity contribution in [2.45, 2.75) is 25.9 Å². The highest BCUT2D eigenvalue weighted by Gasteiger charge is 2.21. The van der Waals surface area contributed by atoms with Gasteiger partial charge >= 0.3 is 0 Å². The lowest BCUT2D eigenvalue weighted by Crippen LogP contribution is -2.22. The molecule has 5 heteroatoms. The van der Waals surface area contributed by atoms with Gasteiger partial charge < -0.3 is 0 Å². The summed E-state index contributed by atoms with van der Waals surface area (Å²) in [6.07, 6.45) is 1.49. The summed E-state index contributed by atoms with van der Waals surface area (Å²) in [5.41, 5.74) is -0.272. The molecule has 14 heavy (non-hydrogen) atoms. The van der Waals surface area contributed by atoms with Crippen molar-refractivity contribution in [1.29, 1.82) is 0 Å². The maximum Gasteiger partial charge on any atom is 0.186 e. The Morgan fingerprint density at radius 1 is 1.57 bits per heavy atom. The molecule has 0 unspecified atom stereocenters. The molecule has 78 valence electrons. The van der Waals surface area contributed by atoms with Gasteiger partial charge in [0.25, 0.3) is 0 Å². The number of Topliss-reactive ketones (excluding diaryl/α,β-unsaturated/α-hetero) is 1. The lowest BCUT2D eigenvalue weighted by atomic mass is 9.92. The van der Waals surface area contributed by atoms with Gasteiger partial charge in [-0.15, -0.1) is 0 Å². The second-order valence-corrected chi connectivity index (χ2v) is 5.07. The minimum atomic E-state index is -0.272. The third-order valence-electron chi connectivity index (χ3n) is 1.84. The molecule has 1 heterocycles. The number of hydrogen-bond acceptors (Lipinski definition) is 4. The molecule has 0 spiro atoms. The second-order valence-electron chi connectivity index (χ2n) is 4.13. The van der Waals surface area contributed by atoms with Crippen LogP contribution in [0.5, 0.6) is 0 Å². The number of nitrogens with zero attached hydrogens (tertiary/aromatic N) is 3. The van der Waals surface area contributed by atoms with Crippen LogP contribution in [-0.2, 0) is 11.8 Å². The average Bonchev–Trinajstić information content (AvgIpc) is 2.45. The van der Waals surface area contributed by atoms with Crippen molar-refractivity contribution in [3.8, 4) is 0 Å². The van der Waals surface area contributed by atoms with Crippen LogP contribution < -0.4 is 0 Å². The van der Waals surface area contributed by atoms with Crippen LogP contribution in [0.4, 0.5) is 0 Å². The summed E-state index contributed by atoms with van der Waals surface area (Å²) in [5, 5.41) is 4.71. The highest BCUT2D eigenvalue weighted by Crippen LogP contribution is 2.21. The largest absolute Gasteiger partial charge is 0.298 e. The molecular formula is C9H15N3OS. The Balaban J connectivity index is 2.50. The zero-order valence-corrected chi connectivity index (χ0v) is 9.76. The van der Waals surface area contributed by atoms with E-state index < -0.39 is 0 Å². The molecule has 0 atom stereocenters. The lowest BCUT2D eigenvalue weighted by molar-refractivity contribution is -0.123. The number of ketones is 1. The molecular weight excluding hydrogens is 198 g/mol. The van der Waals surface area contributed by atoms with E-state index in [4.69, 9.17) is 0 Å². The molecule has 1 aromatic heterocycles. The predicted octanol–water partition coefficient (Wildman–Crippen LogP) is 1.52. The maximum atomic E-state index is 11.6. The molecule has 0 aliphatic heterocycles. The quantitative estimate of drug-likeness (QED) is 0.714. The maximum absolute atomic E-state index is 11.6. The van der Waals surface area contributed by atoms with Gasteiger partial charge in [0.15, 0.2) is 5.16 Å². The first-order valence-corrected chi connectivity index (χ1v) is 5.40. The van der Waals surface area contributed by atoms with Crippen molar-refractivity contribution < 1.29 is 4.79 Å². The number of carbonyl (C=O) groups is 1. The van der Waals surface area contributed by atoms with Crippen LogP contribution in [-0.4, -0.2) is 26.3 Å². The topological polar surface area (TPSA) is 47.8 Å². The fourth-order valence-corrected chi connectivity index (χ4v) is 1.81. The van der Waals surface area contributed by atoms with Crippen molar-refractivity contribution in [3.05, 3.63) is 6.33 Å². The summed E-state index contributed by atoms with van der Waals surface area (Å²) in [7, 11) is 1.82. The van der Waals surface area contributed by atoms with Crippen LogP contribution in [0.3, 0.4) is 0 Å². The second kappa shape index (κ2) is 4.13. The van der Waals surface area contributed by atoms with E-state index in [2.05, 4.69) is 10.1 Å². The van der Waals surface area contributed by atoms with Gasteiger partial charge in [-0.1, -0.05) is 32.5 Å². The molecule has 1 aromatic rings. The van der Waals surface area contributed by atoms with Crippen LogP contribution in [0.1, 0.15) is 20.8 Å². The van der Waals surface area contributed by atoms with Gasteiger partial charge in [-0.05, 0) is 0 Å². The Labute approximate surface area is 88.1 Å². The first-order chi connectivity index (χ1) is 6.41. The summed E-state index contributed by atoms with van der Waals surface area (Å²) >= 11 is 1.43. The molecule has 0 aromatic carbocycles. The molecule has 0 radical (unpaired) electrons. The van der Waals surface area contributed by atoms with E-state index in [9.17, 15) is 4.79 Å². The summed E-state index contributed by atoms with van der Waals surface area (Å²) in [5.74, 6) is 0.682. The van der Waals surface area contributed by atoms with Crippen molar-refractivity contribution in [2.24, 2.45) is 12.5 Å². The Hall–Kier alpha value is -0.840. The first kappa shape index (κ1) is 11.2. The molecule has 0 N–H and O–H groups in total. The molecule has 0 saturated heterocycles. The van der Waals surface area contributed by atoms with E-state index >= 15 is 0 Å². The van der Waals surface area contributed by atoms with Gasteiger partial charge in [0, 0.05) is 12.5 Å². The third kappa shape index (κ3) is 2.83. The van der Waals surface area contributed by atoms with E-state index in [1.807, 2.05) is 27.8 Å². The van der Waals surface area contributed by atoms with E-state index in [1.54, 1.807) is 4.68 Å².